The molecule has 0 heterocycles. The number of esters is 2. The summed E-state index contributed by atoms with van der Waals surface area (Å²) < 4.78 is 15.1. The zero-order valence-electron chi connectivity index (χ0n) is 16.1. The minimum Gasteiger partial charge on any atom is -0.457 e. The van der Waals surface area contributed by atoms with Crippen molar-refractivity contribution in [1.29, 1.82) is 0 Å². The van der Waals surface area contributed by atoms with E-state index in [0.29, 0.717) is 0 Å². The molecule has 3 rings (SSSR count). The predicted molar refractivity (Wildman–Crippen MR) is 110 cm³/mol. The maximum absolute atomic E-state index is 12.7. The summed E-state index contributed by atoms with van der Waals surface area (Å²) in [5.74, 6) is 3.58. The molecule has 0 saturated heterocycles. The Labute approximate surface area is 174 Å². The molecule has 3 aromatic rings. The molecule has 3 aromatic carbocycles. The first-order valence-electron chi connectivity index (χ1n) is 9.18. The van der Waals surface area contributed by atoms with E-state index < -0.39 is 19.1 Å². The predicted octanol–water partition coefficient (Wildman–Crippen LogP) is 1.98. The second-order valence-electron chi connectivity index (χ2n) is 6.42. The molecule has 0 saturated carbocycles. The zero-order chi connectivity index (χ0) is 21.3. The number of nitrogens with two attached hydrogens (primary N) is 1. The second kappa shape index (κ2) is 10.4. The van der Waals surface area contributed by atoms with Gasteiger partial charge in [0.05, 0.1) is 11.1 Å². The van der Waals surface area contributed by atoms with E-state index in [-0.39, 0.29) is 29.8 Å². The SMILES string of the molecule is NOB(O)c1ccc(C(=O)OCc2ccccc2)c(C(=O)OCc2ccccc2)c1. The number of ether oxygens (including phenoxy) is 2. The van der Waals surface area contributed by atoms with Crippen LogP contribution in [0.5, 0.6) is 0 Å². The van der Waals surface area contributed by atoms with Gasteiger partial charge in [-0.15, -0.1) is 0 Å². The highest BCUT2D eigenvalue weighted by molar-refractivity contribution is 6.60. The Morgan fingerprint density at radius 1 is 0.767 bits per heavy atom. The van der Waals surface area contributed by atoms with Crippen LogP contribution in [-0.4, -0.2) is 24.1 Å². The van der Waals surface area contributed by atoms with E-state index in [1.807, 2.05) is 60.7 Å². The van der Waals surface area contributed by atoms with Crippen LogP contribution in [0.1, 0.15) is 31.8 Å². The van der Waals surface area contributed by atoms with Gasteiger partial charge in [-0.05, 0) is 28.7 Å². The molecule has 152 valence electrons. The molecule has 7 nitrogen and oxygen atoms in total. The summed E-state index contributed by atoms with van der Waals surface area (Å²) in [5.41, 5.74) is 1.75. The first-order chi connectivity index (χ1) is 14.6. The van der Waals surface area contributed by atoms with Crippen molar-refractivity contribution in [3.05, 3.63) is 101 Å². The maximum Gasteiger partial charge on any atom is 0.508 e. The van der Waals surface area contributed by atoms with E-state index >= 15 is 0 Å². The quantitative estimate of drug-likeness (QED) is 0.335. The highest BCUT2D eigenvalue weighted by atomic mass is 16.6. The number of rotatable bonds is 8. The van der Waals surface area contributed by atoms with Crippen molar-refractivity contribution in [2.75, 3.05) is 0 Å². The third kappa shape index (κ3) is 5.54. The summed E-state index contributed by atoms with van der Waals surface area (Å²) >= 11 is 0. The van der Waals surface area contributed by atoms with Gasteiger partial charge in [-0.1, -0.05) is 66.7 Å². The summed E-state index contributed by atoms with van der Waals surface area (Å²) in [4.78, 5) is 25.3. The minimum atomic E-state index is -1.46. The van der Waals surface area contributed by atoms with Gasteiger partial charge in [0.15, 0.2) is 0 Å². The van der Waals surface area contributed by atoms with Crippen LogP contribution in [0, 0.1) is 0 Å². The van der Waals surface area contributed by atoms with Crippen molar-refractivity contribution >= 4 is 24.5 Å². The average Bonchev–Trinajstić information content (AvgIpc) is 2.81. The largest absolute Gasteiger partial charge is 0.508 e. The standard InChI is InChI=1S/C22H20BNO6/c24-30-23(27)18-11-12-19(21(25)28-14-16-7-3-1-4-8-16)20(13-18)22(26)29-15-17-9-5-2-6-10-17/h1-13,27H,14-15,24H2. The molecule has 0 aliphatic rings. The minimum absolute atomic E-state index is 0.0111. The van der Waals surface area contributed by atoms with Crippen LogP contribution in [0.3, 0.4) is 0 Å². The maximum atomic E-state index is 12.7. The molecule has 8 heteroatoms. The second-order valence-corrected chi connectivity index (χ2v) is 6.42. The normalized spacial score (nSPS) is 10.3. The van der Waals surface area contributed by atoms with E-state index in [4.69, 9.17) is 15.4 Å². The van der Waals surface area contributed by atoms with Crippen LogP contribution in [-0.2, 0) is 27.4 Å². The van der Waals surface area contributed by atoms with Gasteiger partial charge in [-0.25, -0.2) is 15.5 Å². The number of benzene rings is 3. The molecule has 0 aliphatic heterocycles. The zero-order valence-corrected chi connectivity index (χ0v) is 16.1. The van der Waals surface area contributed by atoms with Crippen LogP contribution in [0.15, 0.2) is 78.9 Å². The van der Waals surface area contributed by atoms with Crippen LogP contribution < -0.4 is 11.4 Å². The van der Waals surface area contributed by atoms with Crippen molar-refractivity contribution in [2.45, 2.75) is 13.2 Å². The van der Waals surface area contributed by atoms with Gasteiger partial charge in [0.2, 0.25) is 0 Å². The first kappa shape index (κ1) is 21.3. The third-order valence-corrected chi connectivity index (χ3v) is 4.32. The van der Waals surface area contributed by atoms with Gasteiger partial charge >= 0.3 is 19.1 Å². The Hall–Kier alpha value is -3.46. The monoisotopic (exact) mass is 405 g/mol. The van der Waals surface area contributed by atoms with Crippen molar-refractivity contribution in [1.82, 2.24) is 0 Å². The molecule has 0 amide bonds. The fraction of sp³-hybridized carbons (Fsp3) is 0.0909. The van der Waals surface area contributed by atoms with Gasteiger partial charge in [0, 0.05) is 0 Å². The number of hydrogen-bond donors (Lipinski definition) is 2. The summed E-state index contributed by atoms with van der Waals surface area (Å²) in [6.07, 6.45) is 0. The average molecular weight is 405 g/mol. The lowest BCUT2D eigenvalue weighted by atomic mass is 9.78. The molecule has 0 unspecified atom stereocenters. The number of carbonyl (C=O) groups is 2. The van der Waals surface area contributed by atoms with E-state index in [1.165, 1.54) is 18.2 Å². The lowest BCUT2D eigenvalue weighted by Crippen LogP contribution is -2.37. The number of hydrogen-bond acceptors (Lipinski definition) is 7. The van der Waals surface area contributed by atoms with E-state index in [2.05, 4.69) is 4.76 Å². The van der Waals surface area contributed by atoms with Gasteiger partial charge in [-0.3, -0.25) is 0 Å². The van der Waals surface area contributed by atoms with Crippen molar-refractivity contribution in [3.63, 3.8) is 0 Å². The van der Waals surface area contributed by atoms with Crippen molar-refractivity contribution < 1.29 is 28.8 Å². The van der Waals surface area contributed by atoms with Crippen LogP contribution in [0.2, 0.25) is 0 Å². The van der Waals surface area contributed by atoms with Crippen molar-refractivity contribution in [3.8, 4) is 0 Å². The molecule has 0 bridgehead atoms. The molecule has 0 fully saturated rings. The Morgan fingerprint density at radius 2 is 1.27 bits per heavy atom. The molecule has 0 spiro atoms. The van der Waals surface area contributed by atoms with Gasteiger partial charge in [0.25, 0.3) is 0 Å². The molecular formula is C22H20BNO6. The van der Waals surface area contributed by atoms with E-state index in [9.17, 15) is 14.6 Å². The van der Waals surface area contributed by atoms with Crippen LogP contribution in [0.25, 0.3) is 0 Å². The molecule has 30 heavy (non-hydrogen) atoms. The Kier molecular flexibility index (Phi) is 7.34. The van der Waals surface area contributed by atoms with E-state index in [1.54, 1.807) is 0 Å². The smallest absolute Gasteiger partial charge is 0.457 e. The molecule has 3 N–H and O–H groups in total. The molecule has 0 aromatic heterocycles. The number of carbonyl (C=O) groups excluding carboxylic acids is 2. The third-order valence-electron chi connectivity index (χ3n) is 4.32. The summed E-state index contributed by atoms with van der Waals surface area (Å²) in [6, 6.07) is 22.4. The molecule has 0 radical (unpaired) electrons. The Morgan fingerprint density at radius 3 is 1.77 bits per heavy atom. The lowest BCUT2D eigenvalue weighted by molar-refractivity contribution is 0.0425. The van der Waals surface area contributed by atoms with Gasteiger partial charge < -0.3 is 19.3 Å². The lowest BCUT2D eigenvalue weighted by Gasteiger charge is -2.12. The van der Waals surface area contributed by atoms with Crippen LogP contribution >= 0.6 is 0 Å². The Balaban J connectivity index is 1.80. The highest BCUT2D eigenvalue weighted by Gasteiger charge is 2.24. The molecule has 0 aliphatic carbocycles. The highest BCUT2D eigenvalue weighted by Crippen LogP contribution is 2.14. The van der Waals surface area contributed by atoms with Gasteiger partial charge in [-0.2, -0.15) is 0 Å². The van der Waals surface area contributed by atoms with Crippen molar-refractivity contribution in [2.24, 2.45) is 5.90 Å². The molecule has 0 atom stereocenters. The summed E-state index contributed by atoms with van der Waals surface area (Å²) in [7, 11) is -1.46. The topological polar surface area (TPSA) is 108 Å². The Bertz CT molecular complexity index is 997. The summed E-state index contributed by atoms with van der Waals surface area (Å²) in [6.45, 7) is 0.0762. The fourth-order valence-corrected chi connectivity index (χ4v) is 2.74. The molecular weight excluding hydrogens is 385 g/mol. The van der Waals surface area contributed by atoms with Gasteiger partial charge in [0.1, 0.15) is 13.2 Å². The van der Waals surface area contributed by atoms with E-state index in [0.717, 1.165) is 11.1 Å². The summed E-state index contributed by atoms with van der Waals surface area (Å²) in [5, 5.41) is 9.81. The first-order valence-corrected chi connectivity index (χ1v) is 9.18. The fourth-order valence-electron chi connectivity index (χ4n) is 2.74. The van der Waals surface area contributed by atoms with Crippen LogP contribution in [0.4, 0.5) is 0 Å².